The number of hydrogen-bond acceptors (Lipinski definition) is 3. The lowest BCUT2D eigenvalue weighted by atomic mass is 9.93. The van der Waals surface area contributed by atoms with Crippen molar-refractivity contribution in [1.82, 2.24) is 15.5 Å². The molecule has 2 aromatic rings. The number of carbonyl (C=O) groups excluding carboxylic acids is 1. The van der Waals surface area contributed by atoms with Crippen LogP contribution in [0.5, 0.6) is 5.75 Å². The number of nitrogens with one attached hydrogen (secondary N) is 2. The molecule has 1 saturated heterocycles. The standard InChI is InChI=1S/C24H32N4O2.HI/c1-25-23(29)16-19-11-13-28(14-12-19)24(26-2)27-17-20-7-6-8-21(15-20)18-30-22-9-4-3-5-10-22;/h3-10,15,19H,11-14,16-18H2,1-2H3,(H,25,29)(H,26,27);1H. The molecule has 6 nitrogen and oxygen atoms in total. The zero-order valence-electron chi connectivity index (χ0n) is 18.3. The minimum Gasteiger partial charge on any atom is -0.489 e. The first kappa shape index (κ1) is 25.0. The molecular weight excluding hydrogens is 503 g/mol. The van der Waals surface area contributed by atoms with Crippen LogP contribution in [0.1, 0.15) is 30.4 Å². The third-order valence-electron chi connectivity index (χ3n) is 5.47. The Kier molecular flexibility index (Phi) is 10.6. The Hall–Kier alpha value is -2.29. The fourth-order valence-electron chi connectivity index (χ4n) is 3.74. The van der Waals surface area contributed by atoms with Crippen molar-refractivity contribution in [2.24, 2.45) is 10.9 Å². The van der Waals surface area contributed by atoms with Gasteiger partial charge >= 0.3 is 0 Å². The van der Waals surface area contributed by atoms with Gasteiger partial charge in [0.25, 0.3) is 0 Å². The van der Waals surface area contributed by atoms with E-state index in [1.807, 2.05) is 37.4 Å². The summed E-state index contributed by atoms with van der Waals surface area (Å²) < 4.78 is 5.85. The Morgan fingerprint density at radius 3 is 2.48 bits per heavy atom. The Morgan fingerprint density at radius 1 is 1.10 bits per heavy atom. The minimum atomic E-state index is 0. The average Bonchev–Trinajstić information content (AvgIpc) is 2.80. The summed E-state index contributed by atoms with van der Waals surface area (Å²) in [5.41, 5.74) is 2.34. The summed E-state index contributed by atoms with van der Waals surface area (Å²) in [5, 5.41) is 6.20. The minimum absolute atomic E-state index is 0. The van der Waals surface area contributed by atoms with Crippen molar-refractivity contribution in [2.45, 2.75) is 32.4 Å². The third kappa shape index (κ3) is 8.05. The van der Waals surface area contributed by atoms with E-state index in [1.165, 1.54) is 5.56 Å². The monoisotopic (exact) mass is 536 g/mol. The SMILES string of the molecule is CN=C(NCc1cccc(COc2ccccc2)c1)N1CCC(CC(=O)NC)CC1.I. The topological polar surface area (TPSA) is 66.0 Å². The summed E-state index contributed by atoms with van der Waals surface area (Å²) in [6.07, 6.45) is 2.65. The van der Waals surface area contributed by atoms with Crippen molar-refractivity contribution >= 4 is 35.8 Å². The lowest BCUT2D eigenvalue weighted by Gasteiger charge is -2.34. The smallest absolute Gasteiger partial charge is 0.220 e. The predicted molar refractivity (Wildman–Crippen MR) is 136 cm³/mol. The van der Waals surface area contributed by atoms with Crippen LogP contribution in [0.15, 0.2) is 59.6 Å². The Morgan fingerprint density at radius 2 is 1.81 bits per heavy atom. The molecule has 168 valence electrons. The Labute approximate surface area is 202 Å². The van der Waals surface area contributed by atoms with Gasteiger partial charge in [0, 0.05) is 40.2 Å². The van der Waals surface area contributed by atoms with E-state index in [2.05, 4.69) is 44.8 Å². The van der Waals surface area contributed by atoms with Crippen molar-refractivity contribution in [3.8, 4) is 5.75 Å². The number of nitrogens with zero attached hydrogens (tertiary/aromatic N) is 2. The molecule has 0 radical (unpaired) electrons. The molecule has 31 heavy (non-hydrogen) atoms. The molecule has 0 spiro atoms. The molecular formula is C24H33IN4O2. The third-order valence-corrected chi connectivity index (χ3v) is 5.47. The number of halogens is 1. The normalized spacial score (nSPS) is 14.5. The van der Waals surface area contributed by atoms with Gasteiger partial charge < -0.3 is 20.3 Å². The van der Waals surface area contributed by atoms with Crippen LogP contribution < -0.4 is 15.4 Å². The van der Waals surface area contributed by atoms with E-state index >= 15 is 0 Å². The molecule has 0 aliphatic carbocycles. The molecule has 1 aliphatic heterocycles. The Balaban J connectivity index is 0.00000341. The van der Waals surface area contributed by atoms with Crippen LogP contribution in [0.3, 0.4) is 0 Å². The van der Waals surface area contributed by atoms with E-state index in [0.29, 0.717) is 25.5 Å². The average molecular weight is 536 g/mol. The summed E-state index contributed by atoms with van der Waals surface area (Å²) in [5.74, 6) is 2.38. The van der Waals surface area contributed by atoms with Gasteiger partial charge in [0.1, 0.15) is 12.4 Å². The van der Waals surface area contributed by atoms with Crippen LogP contribution in [-0.2, 0) is 17.9 Å². The quantitative estimate of drug-likeness (QED) is 0.321. The molecule has 1 amide bonds. The molecule has 0 saturated carbocycles. The number of piperidine rings is 1. The first-order valence-corrected chi connectivity index (χ1v) is 10.6. The lowest BCUT2D eigenvalue weighted by molar-refractivity contribution is -0.121. The van der Waals surface area contributed by atoms with Gasteiger partial charge in [-0.1, -0.05) is 42.5 Å². The molecule has 1 fully saturated rings. The number of hydrogen-bond donors (Lipinski definition) is 2. The molecule has 7 heteroatoms. The molecule has 3 rings (SSSR count). The number of likely N-dealkylation sites (tertiary alicyclic amines) is 1. The number of guanidine groups is 1. The van der Waals surface area contributed by atoms with Crippen molar-refractivity contribution in [3.63, 3.8) is 0 Å². The van der Waals surface area contributed by atoms with Gasteiger partial charge in [-0.25, -0.2) is 0 Å². The number of para-hydroxylation sites is 1. The van der Waals surface area contributed by atoms with Crippen LogP contribution in [0.2, 0.25) is 0 Å². The summed E-state index contributed by atoms with van der Waals surface area (Å²) in [4.78, 5) is 18.3. The fourth-order valence-corrected chi connectivity index (χ4v) is 3.74. The largest absolute Gasteiger partial charge is 0.489 e. The van der Waals surface area contributed by atoms with Gasteiger partial charge in [0.15, 0.2) is 5.96 Å². The molecule has 0 unspecified atom stereocenters. The van der Waals surface area contributed by atoms with Crippen molar-refractivity contribution in [1.29, 1.82) is 0 Å². The van der Waals surface area contributed by atoms with Crippen molar-refractivity contribution < 1.29 is 9.53 Å². The number of rotatable bonds is 7. The zero-order chi connectivity index (χ0) is 21.2. The molecule has 1 heterocycles. The highest BCUT2D eigenvalue weighted by molar-refractivity contribution is 14.0. The summed E-state index contributed by atoms with van der Waals surface area (Å²) in [7, 11) is 3.52. The van der Waals surface area contributed by atoms with Gasteiger partial charge in [0.2, 0.25) is 5.91 Å². The molecule has 2 N–H and O–H groups in total. The number of ether oxygens (including phenoxy) is 1. The number of carbonyl (C=O) groups is 1. The summed E-state index contributed by atoms with van der Waals surface area (Å²) >= 11 is 0. The Bertz CT molecular complexity index is 836. The van der Waals surface area contributed by atoms with Crippen LogP contribution >= 0.6 is 24.0 Å². The molecule has 0 bridgehead atoms. The van der Waals surface area contributed by atoms with Gasteiger partial charge in [-0.3, -0.25) is 9.79 Å². The molecule has 2 aromatic carbocycles. The van der Waals surface area contributed by atoms with Crippen LogP contribution in [-0.4, -0.2) is 44.0 Å². The second kappa shape index (κ2) is 13.2. The lowest BCUT2D eigenvalue weighted by Crippen LogP contribution is -2.45. The van der Waals surface area contributed by atoms with Gasteiger partial charge in [-0.15, -0.1) is 24.0 Å². The van der Waals surface area contributed by atoms with E-state index < -0.39 is 0 Å². The predicted octanol–water partition coefficient (Wildman–Crippen LogP) is 3.81. The highest BCUT2D eigenvalue weighted by Gasteiger charge is 2.23. The highest BCUT2D eigenvalue weighted by atomic mass is 127. The number of benzene rings is 2. The van der Waals surface area contributed by atoms with Gasteiger partial charge in [0.05, 0.1) is 0 Å². The van der Waals surface area contributed by atoms with E-state index in [1.54, 1.807) is 7.05 Å². The first-order valence-electron chi connectivity index (χ1n) is 10.6. The number of aliphatic imine (C=N–C) groups is 1. The van der Waals surface area contributed by atoms with Gasteiger partial charge in [-0.05, 0) is 42.0 Å². The fraction of sp³-hybridized carbons (Fsp3) is 0.417. The number of amides is 1. The van der Waals surface area contributed by atoms with Crippen LogP contribution in [0, 0.1) is 5.92 Å². The second-order valence-corrected chi connectivity index (χ2v) is 7.63. The van der Waals surface area contributed by atoms with Gasteiger partial charge in [-0.2, -0.15) is 0 Å². The summed E-state index contributed by atoms with van der Waals surface area (Å²) in [6, 6.07) is 18.3. The highest BCUT2D eigenvalue weighted by Crippen LogP contribution is 2.20. The summed E-state index contributed by atoms with van der Waals surface area (Å²) in [6.45, 7) is 3.11. The van der Waals surface area contributed by atoms with Crippen LogP contribution in [0.25, 0.3) is 0 Å². The van der Waals surface area contributed by atoms with E-state index in [0.717, 1.165) is 43.2 Å². The second-order valence-electron chi connectivity index (χ2n) is 7.63. The molecule has 0 atom stereocenters. The maximum absolute atomic E-state index is 11.6. The van der Waals surface area contributed by atoms with Crippen molar-refractivity contribution in [2.75, 3.05) is 27.2 Å². The zero-order valence-corrected chi connectivity index (χ0v) is 20.7. The van der Waals surface area contributed by atoms with Crippen molar-refractivity contribution in [3.05, 3.63) is 65.7 Å². The maximum Gasteiger partial charge on any atom is 0.220 e. The van der Waals surface area contributed by atoms with E-state index in [9.17, 15) is 4.79 Å². The van der Waals surface area contributed by atoms with Crippen LogP contribution in [0.4, 0.5) is 0 Å². The van der Waals surface area contributed by atoms with E-state index in [-0.39, 0.29) is 29.9 Å². The molecule has 0 aromatic heterocycles. The first-order chi connectivity index (χ1) is 14.7. The molecule has 1 aliphatic rings. The maximum atomic E-state index is 11.6. The van der Waals surface area contributed by atoms with E-state index in [4.69, 9.17) is 4.74 Å².